The van der Waals surface area contributed by atoms with Gasteiger partial charge in [0, 0.05) is 31.5 Å². The summed E-state index contributed by atoms with van der Waals surface area (Å²) in [4.78, 5) is 9.37. The molecule has 3 aromatic rings. The van der Waals surface area contributed by atoms with Gasteiger partial charge in [0.1, 0.15) is 5.03 Å². The number of imidazole rings is 1. The van der Waals surface area contributed by atoms with Crippen molar-refractivity contribution in [2.24, 2.45) is 7.05 Å². The Morgan fingerprint density at radius 2 is 2.17 bits per heavy atom. The molecule has 0 amide bonds. The molecule has 118 valence electrons. The van der Waals surface area contributed by atoms with Crippen LogP contribution in [0.25, 0.3) is 22.5 Å². The quantitative estimate of drug-likeness (QED) is 0.748. The minimum atomic E-state index is 0.864. The summed E-state index contributed by atoms with van der Waals surface area (Å²) in [6, 6.07) is 0. The molecule has 0 saturated heterocycles. The van der Waals surface area contributed by atoms with E-state index in [-0.39, 0.29) is 0 Å². The summed E-state index contributed by atoms with van der Waals surface area (Å²) in [5, 5.41) is 8.62. The van der Waals surface area contributed by atoms with Crippen LogP contribution >= 0.6 is 11.8 Å². The molecule has 0 fully saturated rings. The maximum Gasteiger partial charge on any atom is 0.170 e. The van der Waals surface area contributed by atoms with Gasteiger partial charge in [-0.3, -0.25) is 9.08 Å². The Kier molecular flexibility index (Phi) is 3.66. The third-order valence-corrected chi connectivity index (χ3v) is 4.67. The van der Waals surface area contributed by atoms with E-state index >= 15 is 0 Å². The summed E-state index contributed by atoms with van der Waals surface area (Å²) < 4.78 is 3.93. The summed E-state index contributed by atoms with van der Waals surface area (Å²) in [5.74, 6) is 0. The summed E-state index contributed by atoms with van der Waals surface area (Å²) in [6.07, 6.45) is 13.2. The number of rotatable bonds is 3. The zero-order valence-corrected chi connectivity index (χ0v) is 14.0. The lowest BCUT2D eigenvalue weighted by Crippen LogP contribution is -2.22. The van der Waals surface area contributed by atoms with Gasteiger partial charge in [-0.1, -0.05) is 6.08 Å². The van der Waals surface area contributed by atoms with Crippen LogP contribution in [0, 0.1) is 0 Å². The highest BCUT2D eigenvalue weighted by molar-refractivity contribution is 7.98. The van der Waals surface area contributed by atoms with Crippen molar-refractivity contribution in [3.63, 3.8) is 0 Å². The molecule has 0 saturated carbocycles. The SMILES string of the molecule is CSc1nc(C2=CCCNC2)cn2c(-c3cnn(C)c3)cnc12. The van der Waals surface area contributed by atoms with Gasteiger partial charge in [-0.05, 0) is 24.8 Å². The van der Waals surface area contributed by atoms with Gasteiger partial charge in [0.25, 0.3) is 0 Å². The molecular formula is C16H18N6S. The van der Waals surface area contributed by atoms with Crippen molar-refractivity contribution >= 4 is 23.0 Å². The third-order valence-electron chi connectivity index (χ3n) is 4.01. The average molecular weight is 326 g/mol. The van der Waals surface area contributed by atoms with Crippen LogP contribution in [0.15, 0.2) is 35.9 Å². The number of nitrogens with one attached hydrogen (secondary N) is 1. The second-order valence-corrected chi connectivity index (χ2v) is 6.36. The number of hydrogen-bond donors (Lipinski definition) is 1. The van der Waals surface area contributed by atoms with Gasteiger partial charge in [-0.2, -0.15) is 5.10 Å². The monoisotopic (exact) mass is 326 g/mol. The molecule has 1 aliphatic rings. The lowest BCUT2D eigenvalue weighted by molar-refractivity contribution is 0.735. The van der Waals surface area contributed by atoms with E-state index in [1.165, 1.54) is 5.57 Å². The Balaban J connectivity index is 1.91. The van der Waals surface area contributed by atoms with Gasteiger partial charge in [-0.25, -0.2) is 9.97 Å². The number of hydrogen-bond acceptors (Lipinski definition) is 5. The Morgan fingerprint density at radius 1 is 1.26 bits per heavy atom. The van der Waals surface area contributed by atoms with Crippen molar-refractivity contribution in [3.8, 4) is 11.3 Å². The number of fused-ring (bicyclic) bond motifs is 1. The summed E-state index contributed by atoms with van der Waals surface area (Å²) in [6.45, 7) is 1.90. The molecule has 7 heteroatoms. The second-order valence-electron chi connectivity index (χ2n) is 5.57. The minimum Gasteiger partial charge on any atom is -0.312 e. The molecule has 0 aromatic carbocycles. The molecule has 1 aliphatic heterocycles. The van der Waals surface area contributed by atoms with E-state index in [1.54, 1.807) is 16.4 Å². The first kappa shape index (κ1) is 14.5. The van der Waals surface area contributed by atoms with Crippen LogP contribution in [-0.4, -0.2) is 43.5 Å². The summed E-state index contributed by atoms with van der Waals surface area (Å²) in [5.41, 5.74) is 5.25. The molecule has 0 atom stereocenters. The van der Waals surface area contributed by atoms with Gasteiger partial charge in [-0.15, -0.1) is 11.8 Å². The minimum absolute atomic E-state index is 0.864. The molecule has 0 bridgehead atoms. The van der Waals surface area contributed by atoms with Gasteiger partial charge in [0.05, 0.1) is 23.8 Å². The fourth-order valence-corrected chi connectivity index (χ4v) is 3.38. The Morgan fingerprint density at radius 3 is 2.87 bits per heavy atom. The highest BCUT2D eigenvalue weighted by Crippen LogP contribution is 2.27. The number of aryl methyl sites for hydroxylation is 1. The third kappa shape index (κ3) is 2.55. The van der Waals surface area contributed by atoms with Gasteiger partial charge >= 0.3 is 0 Å². The highest BCUT2D eigenvalue weighted by atomic mass is 32.2. The maximum absolute atomic E-state index is 4.81. The normalized spacial score (nSPS) is 15.1. The predicted molar refractivity (Wildman–Crippen MR) is 92.4 cm³/mol. The number of thioether (sulfide) groups is 1. The van der Waals surface area contributed by atoms with Crippen LogP contribution in [0.4, 0.5) is 0 Å². The molecule has 0 aliphatic carbocycles. The van der Waals surface area contributed by atoms with E-state index in [4.69, 9.17) is 4.98 Å². The molecule has 4 rings (SSSR count). The first-order valence-electron chi connectivity index (χ1n) is 7.57. The summed E-state index contributed by atoms with van der Waals surface area (Å²) >= 11 is 1.63. The van der Waals surface area contributed by atoms with Crippen molar-refractivity contribution < 1.29 is 0 Å². The molecule has 0 unspecified atom stereocenters. The van der Waals surface area contributed by atoms with Crippen LogP contribution in [-0.2, 0) is 7.05 Å². The van der Waals surface area contributed by atoms with Crippen molar-refractivity contribution in [3.05, 3.63) is 36.6 Å². The fourth-order valence-electron chi connectivity index (χ4n) is 2.86. The molecule has 1 N–H and O–H groups in total. The van der Waals surface area contributed by atoms with E-state index in [0.717, 1.165) is 47.1 Å². The second kappa shape index (κ2) is 5.82. The molecule has 3 aromatic heterocycles. The summed E-state index contributed by atoms with van der Waals surface area (Å²) in [7, 11) is 1.92. The van der Waals surface area contributed by atoms with Gasteiger partial charge in [0.15, 0.2) is 5.65 Å². The molecular weight excluding hydrogens is 308 g/mol. The van der Waals surface area contributed by atoms with Crippen LogP contribution in [0.1, 0.15) is 12.1 Å². The molecule has 0 spiro atoms. The van der Waals surface area contributed by atoms with Crippen molar-refractivity contribution in [1.82, 2.24) is 29.5 Å². The zero-order chi connectivity index (χ0) is 15.8. The molecule has 4 heterocycles. The molecule has 0 radical (unpaired) electrons. The van der Waals surface area contributed by atoms with E-state index < -0.39 is 0 Å². The lowest BCUT2D eigenvalue weighted by atomic mass is 10.1. The Bertz CT molecular complexity index is 891. The van der Waals surface area contributed by atoms with Crippen molar-refractivity contribution in [2.75, 3.05) is 19.3 Å². The standard InChI is InChI=1S/C16H18N6S/c1-21-9-12(7-19-21)14-8-18-15-16(23-2)20-13(10-22(14)15)11-4-3-5-17-6-11/h4,7-10,17H,3,5-6H2,1-2H3. The molecule has 6 nitrogen and oxygen atoms in total. The highest BCUT2D eigenvalue weighted by Gasteiger charge is 2.15. The van der Waals surface area contributed by atoms with Crippen molar-refractivity contribution in [1.29, 1.82) is 0 Å². The van der Waals surface area contributed by atoms with Crippen LogP contribution in [0.3, 0.4) is 0 Å². The van der Waals surface area contributed by atoms with Gasteiger partial charge < -0.3 is 5.32 Å². The van der Waals surface area contributed by atoms with Crippen LogP contribution in [0.2, 0.25) is 0 Å². The van der Waals surface area contributed by atoms with Crippen LogP contribution in [0.5, 0.6) is 0 Å². The largest absolute Gasteiger partial charge is 0.312 e. The Labute approximate surface area is 138 Å². The lowest BCUT2D eigenvalue weighted by Gasteiger charge is -2.15. The van der Waals surface area contributed by atoms with E-state index in [0.29, 0.717) is 0 Å². The fraction of sp³-hybridized carbons (Fsp3) is 0.312. The van der Waals surface area contributed by atoms with Crippen LogP contribution < -0.4 is 5.32 Å². The zero-order valence-electron chi connectivity index (χ0n) is 13.2. The predicted octanol–water partition coefficient (Wildman–Crippen LogP) is 2.23. The Hall–Kier alpha value is -2.12. The van der Waals surface area contributed by atoms with E-state index in [1.807, 2.05) is 31.9 Å². The average Bonchev–Trinajstić information content (AvgIpc) is 3.20. The van der Waals surface area contributed by atoms with Gasteiger partial charge in [0.2, 0.25) is 0 Å². The number of aromatic nitrogens is 5. The van der Waals surface area contributed by atoms with Crippen molar-refractivity contribution in [2.45, 2.75) is 11.4 Å². The van der Waals surface area contributed by atoms with E-state index in [9.17, 15) is 0 Å². The maximum atomic E-state index is 4.81. The number of nitrogens with zero attached hydrogens (tertiary/aromatic N) is 5. The topological polar surface area (TPSA) is 60.0 Å². The smallest absolute Gasteiger partial charge is 0.170 e. The first-order chi connectivity index (χ1) is 11.3. The first-order valence-corrected chi connectivity index (χ1v) is 8.80. The van der Waals surface area contributed by atoms with E-state index in [2.05, 4.69) is 32.1 Å². The molecule has 23 heavy (non-hydrogen) atoms.